The largest absolute Gasteiger partial charge is 0.343 e. The Hall–Kier alpha value is -2.83. The first-order valence-electron chi connectivity index (χ1n) is 9.19. The molecule has 0 unspecified atom stereocenters. The maximum Gasteiger partial charge on any atom is 0.272 e. The summed E-state index contributed by atoms with van der Waals surface area (Å²) in [6.45, 7) is 3.25. The zero-order valence-electron chi connectivity index (χ0n) is 16.1. The number of piperidine rings is 1. The van der Waals surface area contributed by atoms with Crippen LogP contribution in [0.4, 0.5) is 0 Å². The van der Waals surface area contributed by atoms with E-state index in [9.17, 15) is 9.59 Å². The molecule has 1 aliphatic rings. The Morgan fingerprint density at radius 2 is 2.11 bits per heavy atom. The van der Waals surface area contributed by atoms with Crippen LogP contribution in [0.1, 0.15) is 45.2 Å². The molecular formula is C20H25N5O2. The number of aryl methyl sites for hydroxylation is 1. The summed E-state index contributed by atoms with van der Waals surface area (Å²) in [7, 11) is 3.42. The Labute approximate surface area is 159 Å². The highest BCUT2D eigenvalue weighted by Gasteiger charge is 2.25. The van der Waals surface area contributed by atoms with Gasteiger partial charge in [0.2, 0.25) is 0 Å². The van der Waals surface area contributed by atoms with E-state index in [-0.39, 0.29) is 11.8 Å². The standard InChI is InChI=1S/C20H25N5O2/c1-14-22-17(11-18(23-14)20(27)24(2)3)10-15-6-5-9-25(13-15)19(26)16-7-4-8-21-12-16/h4,7-8,11-12,15H,5-6,9-10,13H2,1-3H3/t15-/m1/s1. The van der Waals surface area contributed by atoms with Crippen molar-refractivity contribution in [1.29, 1.82) is 0 Å². The average molecular weight is 367 g/mol. The number of rotatable bonds is 4. The van der Waals surface area contributed by atoms with E-state index in [0.717, 1.165) is 31.5 Å². The number of hydrogen-bond donors (Lipinski definition) is 0. The second-order valence-corrected chi connectivity index (χ2v) is 7.20. The van der Waals surface area contributed by atoms with Crippen LogP contribution in [-0.4, -0.2) is 63.8 Å². The van der Waals surface area contributed by atoms with Crippen LogP contribution in [0.2, 0.25) is 0 Å². The summed E-state index contributed by atoms with van der Waals surface area (Å²) in [6, 6.07) is 5.35. The highest BCUT2D eigenvalue weighted by atomic mass is 16.2. The van der Waals surface area contributed by atoms with Crippen molar-refractivity contribution in [3.8, 4) is 0 Å². The van der Waals surface area contributed by atoms with Crippen LogP contribution in [0.5, 0.6) is 0 Å². The van der Waals surface area contributed by atoms with Gasteiger partial charge in [-0.3, -0.25) is 14.6 Å². The molecule has 2 amide bonds. The van der Waals surface area contributed by atoms with Gasteiger partial charge >= 0.3 is 0 Å². The Morgan fingerprint density at radius 1 is 1.30 bits per heavy atom. The van der Waals surface area contributed by atoms with E-state index in [0.29, 0.717) is 29.5 Å². The third kappa shape index (κ3) is 4.67. The van der Waals surface area contributed by atoms with Gasteiger partial charge in [0.05, 0.1) is 5.56 Å². The SMILES string of the molecule is Cc1nc(C[C@H]2CCCN(C(=O)c3cccnc3)C2)cc(C(=O)N(C)C)n1. The quantitative estimate of drug-likeness (QED) is 0.825. The molecule has 7 heteroatoms. The normalized spacial score (nSPS) is 16.9. The van der Waals surface area contributed by atoms with Crippen molar-refractivity contribution < 1.29 is 9.59 Å². The van der Waals surface area contributed by atoms with Gasteiger partial charge in [-0.25, -0.2) is 9.97 Å². The molecule has 2 aromatic heterocycles. The van der Waals surface area contributed by atoms with Crippen LogP contribution in [-0.2, 0) is 6.42 Å². The first-order chi connectivity index (χ1) is 12.9. The molecule has 0 radical (unpaired) electrons. The fourth-order valence-electron chi connectivity index (χ4n) is 3.46. The maximum atomic E-state index is 12.7. The molecule has 7 nitrogen and oxygen atoms in total. The first-order valence-corrected chi connectivity index (χ1v) is 9.19. The molecule has 1 atom stereocenters. The average Bonchev–Trinajstić information content (AvgIpc) is 2.67. The Bertz CT molecular complexity index is 822. The van der Waals surface area contributed by atoms with Crippen LogP contribution in [0, 0.1) is 12.8 Å². The van der Waals surface area contributed by atoms with E-state index in [4.69, 9.17) is 0 Å². The van der Waals surface area contributed by atoms with Crippen molar-refractivity contribution in [2.45, 2.75) is 26.2 Å². The van der Waals surface area contributed by atoms with Gasteiger partial charge < -0.3 is 9.80 Å². The summed E-state index contributed by atoms with van der Waals surface area (Å²) in [5, 5.41) is 0. The summed E-state index contributed by atoms with van der Waals surface area (Å²) < 4.78 is 0. The fraction of sp³-hybridized carbons (Fsp3) is 0.450. The van der Waals surface area contributed by atoms with Gasteiger partial charge in [-0.15, -0.1) is 0 Å². The Morgan fingerprint density at radius 3 is 2.81 bits per heavy atom. The van der Waals surface area contributed by atoms with Crippen LogP contribution in [0.25, 0.3) is 0 Å². The molecule has 1 aliphatic heterocycles. The minimum Gasteiger partial charge on any atom is -0.343 e. The molecular weight excluding hydrogens is 342 g/mol. The number of likely N-dealkylation sites (tertiary alicyclic amines) is 1. The molecule has 0 bridgehead atoms. The second-order valence-electron chi connectivity index (χ2n) is 7.20. The maximum absolute atomic E-state index is 12.7. The molecule has 0 aromatic carbocycles. The van der Waals surface area contributed by atoms with Crippen molar-refractivity contribution in [3.63, 3.8) is 0 Å². The van der Waals surface area contributed by atoms with Crippen molar-refractivity contribution >= 4 is 11.8 Å². The number of pyridine rings is 1. The second kappa shape index (κ2) is 8.24. The Kier molecular flexibility index (Phi) is 5.78. The number of hydrogen-bond acceptors (Lipinski definition) is 5. The zero-order chi connectivity index (χ0) is 19.4. The lowest BCUT2D eigenvalue weighted by Crippen LogP contribution is -2.40. The van der Waals surface area contributed by atoms with Gasteiger partial charge in [-0.2, -0.15) is 0 Å². The van der Waals surface area contributed by atoms with E-state index in [1.54, 1.807) is 51.6 Å². The van der Waals surface area contributed by atoms with Gasteiger partial charge in [0.1, 0.15) is 11.5 Å². The number of nitrogens with zero attached hydrogens (tertiary/aromatic N) is 5. The molecule has 3 heterocycles. The van der Waals surface area contributed by atoms with E-state index >= 15 is 0 Å². The molecule has 1 fully saturated rings. The highest BCUT2D eigenvalue weighted by molar-refractivity contribution is 5.94. The van der Waals surface area contributed by atoms with E-state index in [1.807, 2.05) is 4.90 Å². The lowest BCUT2D eigenvalue weighted by molar-refractivity contribution is 0.0672. The number of aromatic nitrogens is 3. The molecule has 142 valence electrons. The van der Waals surface area contributed by atoms with E-state index in [1.165, 1.54) is 4.90 Å². The van der Waals surface area contributed by atoms with Crippen LogP contribution in [0.3, 0.4) is 0 Å². The van der Waals surface area contributed by atoms with Gasteiger partial charge in [-0.1, -0.05) is 0 Å². The highest BCUT2D eigenvalue weighted by Crippen LogP contribution is 2.22. The molecule has 2 aromatic rings. The molecule has 1 saturated heterocycles. The number of amides is 2. The predicted molar refractivity (Wildman–Crippen MR) is 101 cm³/mol. The topological polar surface area (TPSA) is 79.3 Å². The molecule has 0 spiro atoms. The first kappa shape index (κ1) is 18.9. The summed E-state index contributed by atoms with van der Waals surface area (Å²) in [5.41, 5.74) is 1.89. The van der Waals surface area contributed by atoms with Crippen molar-refractivity contribution in [2.75, 3.05) is 27.2 Å². The fourth-order valence-corrected chi connectivity index (χ4v) is 3.46. The third-order valence-electron chi connectivity index (χ3n) is 4.73. The molecule has 0 N–H and O–H groups in total. The summed E-state index contributed by atoms with van der Waals surface area (Å²) in [4.78, 5) is 41.1. The van der Waals surface area contributed by atoms with E-state index < -0.39 is 0 Å². The zero-order valence-corrected chi connectivity index (χ0v) is 16.1. The van der Waals surface area contributed by atoms with Crippen molar-refractivity contribution in [3.05, 3.63) is 53.4 Å². The van der Waals surface area contributed by atoms with Crippen LogP contribution < -0.4 is 0 Å². The summed E-state index contributed by atoms with van der Waals surface area (Å²) in [6.07, 6.45) is 6.01. The van der Waals surface area contributed by atoms with Gasteiger partial charge in [0.15, 0.2) is 0 Å². The lowest BCUT2D eigenvalue weighted by atomic mass is 9.92. The number of carbonyl (C=O) groups is 2. The minimum absolute atomic E-state index is 0.0233. The minimum atomic E-state index is -0.126. The van der Waals surface area contributed by atoms with Crippen LogP contribution >= 0.6 is 0 Å². The molecule has 0 aliphatic carbocycles. The smallest absolute Gasteiger partial charge is 0.272 e. The third-order valence-corrected chi connectivity index (χ3v) is 4.73. The summed E-state index contributed by atoms with van der Waals surface area (Å²) >= 11 is 0. The van der Waals surface area contributed by atoms with Crippen LogP contribution in [0.15, 0.2) is 30.6 Å². The van der Waals surface area contributed by atoms with E-state index in [2.05, 4.69) is 15.0 Å². The molecule has 27 heavy (non-hydrogen) atoms. The van der Waals surface area contributed by atoms with Gasteiger partial charge in [0, 0.05) is 45.3 Å². The van der Waals surface area contributed by atoms with Gasteiger partial charge in [0.25, 0.3) is 11.8 Å². The van der Waals surface area contributed by atoms with Crippen molar-refractivity contribution in [2.24, 2.45) is 5.92 Å². The van der Waals surface area contributed by atoms with Crippen molar-refractivity contribution in [1.82, 2.24) is 24.8 Å². The Balaban J connectivity index is 1.71. The number of carbonyl (C=O) groups excluding carboxylic acids is 2. The molecule has 3 rings (SSSR count). The molecule has 0 saturated carbocycles. The lowest BCUT2D eigenvalue weighted by Gasteiger charge is -2.32. The monoisotopic (exact) mass is 367 g/mol. The predicted octanol–water partition coefficient (Wildman–Crippen LogP) is 1.98. The van der Waals surface area contributed by atoms with Gasteiger partial charge in [-0.05, 0) is 50.3 Å². The summed E-state index contributed by atoms with van der Waals surface area (Å²) in [5.74, 6) is 0.807.